The quantitative estimate of drug-likeness (QED) is 0.626. The molecule has 0 amide bonds. The topological polar surface area (TPSA) is 60.7 Å². The van der Waals surface area contributed by atoms with Crippen LogP contribution in [-0.4, -0.2) is 28.9 Å². The Hall–Kier alpha value is -2.95. The summed E-state index contributed by atoms with van der Waals surface area (Å²) in [5.74, 6) is 0.572. The molecule has 27 heavy (non-hydrogen) atoms. The van der Waals surface area contributed by atoms with E-state index < -0.39 is 0 Å². The van der Waals surface area contributed by atoms with Crippen LogP contribution in [0, 0.1) is 6.92 Å². The Morgan fingerprint density at radius 3 is 2.52 bits per heavy atom. The van der Waals surface area contributed by atoms with E-state index in [9.17, 15) is 9.90 Å². The molecule has 3 aromatic rings. The number of rotatable bonds is 7. The van der Waals surface area contributed by atoms with Crippen molar-refractivity contribution in [3.05, 3.63) is 59.3 Å². The van der Waals surface area contributed by atoms with Crippen molar-refractivity contribution in [1.82, 2.24) is 4.57 Å². The van der Waals surface area contributed by atoms with Gasteiger partial charge < -0.3 is 19.1 Å². The van der Waals surface area contributed by atoms with Gasteiger partial charge in [0.1, 0.15) is 18.1 Å². The molecular weight excluding hydrogens is 342 g/mol. The van der Waals surface area contributed by atoms with Gasteiger partial charge in [-0.25, -0.2) is 4.79 Å². The number of phenols is 1. The zero-order valence-corrected chi connectivity index (χ0v) is 16.0. The van der Waals surface area contributed by atoms with Crippen molar-refractivity contribution < 1.29 is 19.4 Å². The second-order valence-electron chi connectivity index (χ2n) is 6.38. The van der Waals surface area contributed by atoms with Crippen LogP contribution in [0.5, 0.6) is 11.5 Å². The molecule has 0 aliphatic rings. The van der Waals surface area contributed by atoms with Crippen molar-refractivity contribution in [3.63, 3.8) is 0 Å². The monoisotopic (exact) mass is 367 g/mol. The molecule has 1 heterocycles. The van der Waals surface area contributed by atoms with E-state index in [0.717, 1.165) is 23.4 Å². The molecule has 5 heteroatoms. The van der Waals surface area contributed by atoms with Gasteiger partial charge in [-0.2, -0.15) is 0 Å². The number of aryl methyl sites for hydroxylation is 1. The lowest BCUT2D eigenvalue weighted by Crippen LogP contribution is -2.11. The van der Waals surface area contributed by atoms with Gasteiger partial charge in [-0.3, -0.25) is 0 Å². The van der Waals surface area contributed by atoms with E-state index in [0.29, 0.717) is 30.7 Å². The molecule has 0 radical (unpaired) electrons. The number of carbonyl (C=O) groups is 1. The summed E-state index contributed by atoms with van der Waals surface area (Å²) in [6, 6.07) is 13.1. The number of hydrogen-bond donors (Lipinski definition) is 1. The van der Waals surface area contributed by atoms with Crippen LogP contribution in [0.15, 0.2) is 42.5 Å². The molecule has 0 fully saturated rings. The highest BCUT2D eigenvalue weighted by Crippen LogP contribution is 2.29. The zero-order valence-electron chi connectivity index (χ0n) is 16.0. The van der Waals surface area contributed by atoms with Gasteiger partial charge in [-0.05, 0) is 56.2 Å². The molecule has 1 N–H and O–H groups in total. The maximum Gasteiger partial charge on any atom is 0.340 e. The lowest BCUT2D eigenvalue weighted by molar-refractivity contribution is 0.0527. The molecule has 0 saturated heterocycles. The highest BCUT2D eigenvalue weighted by atomic mass is 16.5. The fourth-order valence-electron chi connectivity index (χ4n) is 3.30. The number of esters is 1. The lowest BCUT2D eigenvalue weighted by Gasteiger charge is -2.11. The molecule has 0 aliphatic heterocycles. The second kappa shape index (κ2) is 8.16. The Labute approximate surface area is 159 Å². The number of aromatic hydroxyl groups is 1. The highest BCUT2D eigenvalue weighted by Gasteiger charge is 2.21. The number of phenolic OH excluding ortho intramolecular Hbond substituents is 1. The maximum absolute atomic E-state index is 12.4. The van der Waals surface area contributed by atoms with Crippen molar-refractivity contribution in [1.29, 1.82) is 0 Å². The number of carbonyl (C=O) groups excluding carboxylic acids is 1. The summed E-state index contributed by atoms with van der Waals surface area (Å²) in [5.41, 5.74) is 3.45. The van der Waals surface area contributed by atoms with E-state index in [1.165, 1.54) is 5.56 Å². The van der Waals surface area contributed by atoms with Crippen LogP contribution in [0.2, 0.25) is 0 Å². The summed E-state index contributed by atoms with van der Waals surface area (Å²) in [4.78, 5) is 12.4. The fraction of sp³-hybridized carbons (Fsp3) is 0.318. The van der Waals surface area contributed by atoms with Gasteiger partial charge in [0.15, 0.2) is 0 Å². The smallest absolute Gasteiger partial charge is 0.340 e. The van der Waals surface area contributed by atoms with Crippen molar-refractivity contribution in [2.45, 2.75) is 33.7 Å². The molecule has 142 valence electrons. The molecule has 0 unspecified atom stereocenters. The van der Waals surface area contributed by atoms with Crippen molar-refractivity contribution in [2.75, 3.05) is 13.2 Å². The Balaban J connectivity index is 1.85. The van der Waals surface area contributed by atoms with Crippen LogP contribution in [0.25, 0.3) is 10.9 Å². The normalized spacial score (nSPS) is 10.9. The van der Waals surface area contributed by atoms with Gasteiger partial charge in [-0.1, -0.05) is 19.1 Å². The molecule has 0 atom stereocenters. The number of hydrogen-bond acceptors (Lipinski definition) is 4. The minimum absolute atomic E-state index is 0.123. The third kappa shape index (κ3) is 3.92. The third-order valence-electron chi connectivity index (χ3n) is 4.70. The summed E-state index contributed by atoms with van der Waals surface area (Å²) < 4.78 is 13.1. The fourth-order valence-corrected chi connectivity index (χ4v) is 3.30. The number of nitrogens with zero attached hydrogens (tertiary/aromatic N) is 1. The predicted octanol–water partition coefficient (Wildman–Crippen LogP) is 4.47. The lowest BCUT2D eigenvalue weighted by atomic mass is 10.1. The minimum Gasteiger partial charge on any atom is -0.508 e. The molecule has 0 bridgehead atoms. The molecule has 0 aliphatic carbocycles. The van der Waals surface area contributed by atoms with E-state index in [4.69, 9.17) is 9.47 Å². The van der Waals surface area contributed by atoms with Crippen LogP contribution in [0.4, 0.5) is 0 Å². The standard InChI is InChI=1S/C22H25NO4/c1-4-16-6-9-18(10-7-16)27-13-12-23-15(3)21(22(25)26-5-2)19-14-17(24)8-11-20(19)23/h6-11,14,24H,4-5,12-13H2,1-3H3. The van der Waals surface area contributed by atoms with Crippen molar-refractivity contribution >= 4 is 16.9 Å². The van der Waals surface area contributed by atoms with Crippen LogP contribution >= 0.6 is 0 Å². The highest BCUT2D eigenvalue weighted by molar-refractivity contribution is 6.06. The summed E-state index contributed by atoms with van der Waals surface area (Å²) in [6.45, 7) is 7.15. The van der Waals surface area contributed by atoms with Crippen LogP contribution in [0.1, 0.15) is 35.5 Å². The Kier molecular flexibility index (Phi) is 5.69. The van der Waals surface area contributed by atoms with Crippen LogP contribution in [-0.2, 0) is 17.7 Å². The Morgan fingerprint density at radius 2 is 1.85 bits per heavy atom. The van der Waals surface area contributed by atoms with E-state index in [1.54, 1.807) is 19.1 Å². The van der Waals surface area contributed by atoms with Gasteiger partial charge in [0.25, 0.3) is 0 Å². The van der Waals surface area contributed by atoms with E-state index in [2.05, 4.69) is 19.1 Å². The minimum atomic E-state index is -0.375. The third-order valence-corrected chi connectivity index (χ3v) is 4.70. The average molecular weight is 367 g/mol. The van der Waals surface area contributed by atoms with Gasteiger partial charge >= 0.3 is 5.97 Å². The van der Waals surface area contributed by atoms with Gasteiger partial charge in [-0.15, -0.1) is 0 Å². The van der Waals surface area contributed by atoms with Crippen LogP contribution in [0.3, 0.4) is 0 Å². The second-order valence-corrected chi connectivity index (χ2v) is 6.38. The Bertz CT molecular complexity index is 941. The van der Waals surface area contributed by atoms with Gasteiger partial charge in [0.05, 0.1) is 18.7 Å². The van der Waals surface area contributed by atoms with Crippen molar-refractivity contribution in [2.24, 2.45) is 0 Å². The molecule has 1 aromatic heterocycles. The van der Waals surface area contributed by atoms with Gasteiger partial charge in [0.2, 0.25) is 0 Å². The Morgan fingerprint density at radius 1 is 1.11 bits per heavy atom. The maximum atomic E-state index is 12.4. The van der Waals surface area contributed by atoms with Crippen molar-refractivity contribution in [3.8, 4) is 11.5 Å². The first-order valence-corrected chi connectivity index (χ1v) is 9.25. The number of aromatic nitrogens is 1. The SMILES string of the molecule is CCOC(=O)c1c(C)n(CCOc2ccc(CC)cc2)c2ccc(O)cc12. The first-order valence-electron chi connectivity index (χ1n) is 9.25. The molecule has 0 saturated carbocycles. The predicted molar refractivity (Wildman–Crippen MR) is 106 cm³/mol. The number of benzene rings is 2. The number of ether oxygens (including phenoxy) is 2. The molecule has 2 aromatic carbocycles. The summed E-state index contributed by atoms with van der Waals surface area (Å²) in [7, 11) is 0. The zero-order chi connectivity index (χ0) is 19.4. The molecule has 5 nitrogen and oxygen atoms in total. The summed E-state index contributed by atoms with van der Waals surface area (Å²) in [6.07, 6.45) is 0.998. The van der Waals surface area contributed by atoms with Crippen LogP contribution < -0.4 is 4.74 Å². The average Bonchev–Trinajstić information content (AvgIpc) is 2.93. The molecular formula is C22H25NO4. The van der Waals surface area contributed by atoms with E-state index >= 15 is 0 Å². The van der Waals surface area contributed by atoms with E-state index in [-0.39, 0.29) is 11.7 Å². The number of fused-ring (bicyclic) bond motifs is 1. The first kappa shape index (κ1) is 18.8. The molecule has 3 rings (SSSR count). The van der Waals surface area contributed by atoms with E-state index in [1.807, 2.05) is 29.7 Å². The first-order chi connectivity index (χ1) is 13.0. The molecule has 0 spiro atoms. The van der Waals surface area contributed by atoms with Gasteiger partial charge in [0, 0.05) is 16.6 Å². The largest absolute Gasteiger partial charge is 0.508 e. The summed E-state index contributed by atoms with van der Waals surface area (Å²) >= 11 is 0. The summed E-state index contributed by atoms with van der Waals surface area (Å²) in [5, 5.41) is 10.5.